The minimum Gasteiger partial charge on any atom is -0.449 e. The third-order valence-electron chi connectivity index (χ3n) is 3.85. The Morgan fingerprint density at radius 1 is 1.39 bits per heavy atom. The first-order chi connectivity index (χ1) is 14.5. The fraction of sp³-hybridized carbons (Fsp3) is 0.278. The summed E-state index contributed by atoms with van der Waals surface area (Å²) in [5.74, 6) is -2.69. The molecule has 3 N–H and O–H groups in total. The molecule has 0 spiro atoms. The highest BCUT2D eigenvalue weighted by atomic mass is 19.4. The number of ether oxygens (including phenoxy) is 1. The van der Waals surface area contributed by atoms with E-state index in [2.05, 4.69) is 25.0 Å². The largest absolute Gasteiger partial charge is 0.449 e. The van der Waals surface area contributed by atoms with Gasteiger partial charge in [-0.05, 0) is 30.7 Å². The standard InChI is InChI=1S/C18H15F5N6O2/c1-8-5-9(6-24)7-27-13(8)16(30)29-11-4-3-10(19)14(28-11)12(20)15(18(21,22)23)31-17(25)26-2/h3-5,7,12,15H,1-2H3,(H2,25,26)(H,28,29,30)/t12-,15+/m1/s1. The second kappa shape index (κ2) is 9.33. The smallest absolute Gasteiger partial charge is 0.428 e. The summed E-state index contributed by atoms with van der Waals surface area (Å²) in [6, 6.07) is 3.82. The minimum atomic E-state index is -5.27. The van der Waals surface area contributed by atoms with Crippen LogP contribution in [0.5, 0.6) is 0 Å². The lowest BCUT2D eigenvalue weighted by Gasteiger charge is -2.24. The molecule has 8 nitrogen and oxygen atoms in total. The number of aryl methyl sites for hydroxylation is 1. The van der Waals surface area contributed by atoms with Crippen molar-refractivity contribution >= 4 is 17.7 Å². The van der Waals surface area contributed by atoms with Crippen LogP contribution in [-0.2, 0) is 4.74 Å². The first-order valence-electron chi connectivity index (χ1n) is 8.42. The normalized spacial score (nSPS) is 13.8. The van der Waals surface area contributed by atoms with Crippen LogP contribution in [0.4, 0.5) is 27.8 Å². The number of rotatable bonds is 5. The molecule has 2 atom stereocenters. The van der Waals surface area contributed by atoms with E-state index in [4.69, 9.17) is 11.0 Å². The fourth-order valence-electron chi connectivity index (χ4n) is 2.39. The lowest BCUT2D eigenvalue weighted by molar-refractivity contribution is -0.217. The first-order valence-corrected chi connectivity index (χ1v) is 8.42. The molecule has 0 unspecified atom stereocenters. The number of nitrogens with two attached hydrogens (primary N) is 1. The van der Waals surface area contributed by atoms with E-state index in [0.29, 0.717) is 11.6 Å². The molecule has 0 saturated heterocycles. The third-order valence-corrected chi connectivity index (χ3v) is 3.85. The lowest BCUT2D eigenvalue weighted by Crippen LogP contribution is -2.40. The topological polar surface area (TPSA) is 126 Å². The molecule has 0 bridgehead atoms. The number of aliphatic imine (C=N–C) groups is 1. The zero-order chi connectivity index (χ0) is 23.3. The van der Waals surface area contributed by atoms with Crippen LogP contribution in [0.1, 0.15) is 33.5 Å². The van der Waals surface area contributed by atoms with Crippen molar-refractivity contribution in [2.24, 2.45) is 10.7 Å². The average molecular weight is 442 g/mol. The summed E-state index contributed by atoms with van der Waals surface area (Å²) in [5.41, 5.74) is 4.23. The summed E-state index contributed by atoms with van der Waals surface area (Å²) in [7, 11) is 1.02. The van der Waals surface area contributed by atoms with Crippen LogP contribution in [-0.4, -0.2) is 41.2 Å². The number of nitriles is 1. The van der Waals surface area contributed by atoms with Crippen molar-refractivity contribution in [2.45, 2.75) is 25.4 Å². The maximum absolute atomic E-state index is 14.6. The molecule has 0 aromatic carbocycles. The molecule has 0 aliphatic carbocycles. The maximum Gasteiger partial charge on any atom is 0.428 e. The van der Waals surface area contributed by atoms with E-state index in [9.17, 15) is 26.7 Å². The quantitative estimate of drug-likeness (QED) is 0.417. The van der Waals surface area contributed by atoms with E-state index >= 15 is 0 Å². The molecule has 0 fully saturated rings. The van der Waals surface area contributed by atoms with Gasteiger partial charge >= 0.3 is 6.18 Å². The summed E-state index contributed by atoms with van der Waals surface area (Å²) >= 11 is 0. The Kier molecular flexibility index (Phi) is 7.06. The molecule has 13 heteroatoms. The Bertz CT molecular complexity index is 1050. The van der Waals surface area contributed by atoms with Crippen LogP contribution in [0.25, 0.3) is 0 Å². The molecule has 0 aliphatic heterocycles. The number of amides is 1. The van der Waals surface area contributed by atoms with E-state index in [0.717, 1.165) is 19.3 Å². The highest BCUT2D eigenvalue weighted by Gasteiger charge is 2.50. The van der Waals surface area contributed by atoms with Crippen molar-refractivity contribution in [3.8, 4) is 6.07 Å². The number of pyridine rings is 2. The van der Waals surface area contributed by atoms with Gasteiger partial charge in [-0.3, -0.25) is 4.79 Å². The highest BCUT2D eigenvalue weighted by molar-refractivity contribution is 6.03. The van der Waals surface area contributed by atoms with Crippen LogP contribution < -0.4 is 11.1 Å². The molecule has 1 amide bonds. The molecule has 0 aliphatic rings. The number of amidine groups is 1. The van der Waals surface area contributed by atoms with Gasteiger partial charge in [-0.15, -0.1) is 0 Å². The number of hydrogen-bond donors (Lipinski definition) is 2. The Hall–Kier alpha value is -3.82. The minimum absolute atomic E-state index is 0.119. The molecule has 0 saturated carbocycles. The van der Waals surface area contributed by atoms with Gasteiger partial charge in [0.2, 0.25) is 6.10 Å². The highest BCUT2D eigenvalue weighted by Crippen LogP contribution is 2.36. The van der Waals surface area contributed by atoms with Crippen molar-refractivity contribution in [1.29, 1.82) is 5.26 Å². The van der Waals surface area contributed by atoms with Crippen molar-refractivity contribution in [2.75, 3.05) is 12.4 Å². The van der Waals surface area contributed by atoms with E-state index in [1.54, 1.807) is 0 Å². The van der Waals surface area contributed by atoms with E-state index in [1.165, 1.54) is 13.0 Å². The van der Waals surface area contributed by atoms with Gasteiger partial charge in [-0.1, -0.05) is 0 Å². The molecule has 31 heavy (non-hydrogen) atoms. The maximum atomic E-state index is 14.6. The predicted molar refractivity (Wildman–Crippen MR) is 98.2 cm³/mol. The SMILES string of the molecule is CN=C(N)O[C@@H]([C@H](F)c1nc(NC(=O)c2ncc(C#N)cc2C)ccc1F)C(F)(F)F. The zero-order valence-electron chi connectivity index (χ0n) is 16.0. The van der Waals surface area contributed by atoms with Gasteiger partial charge in [0.25, 0.3) is 11.9 Å². The van der Waals surface area contributed by atoms with Gasteiger partial charge < -0.3 is 15.8 Å². The van der Waals surface area contributed by atoms with Crippen LogP contribution in [0.2, 0.25) is 0 Å². The number of nitrogens with zero attached hydrogens (tertiary/aromatic N) is 4. The molecule has 2 rings (SSSR count). The summed E-state index contributed by atoms with van der Waals surface area (Å²) in [6.45, 7) is 1.49. The van der Waals surface area contributed by atoms with E-state index < -0.39 is 47.7 Å². The fourth-order valence-corrected chi connectivity index (χ4v) is 2.39. The van der Waals surface area contributed by atoms with E-state index in [-0.39, 0.29) is 11.3 Å². The Morgan fingerprint density at radius 2 is 2.06 bits per heavy atom. The Morgan fingerprint density at radius 3 is 2.61 bits per heavy atom. The average Bonchev–Trinajstić information content (AvgIpc) is 2.71. The number of carbonyl (C=O) groups is 1. The van der Waals surface area contributed by atoms with Crippen molar-refractivity contribution in [3.63, 3.8) is 0 Å². The predicted octanol–water partition coefficient (Wildman–Crippen LogP) is 2.95. The van der Waals surface area contributed by atoms with Crippen molar-refractivity contribution in [3.05, 3.63) is 52.7 Å². The number of hydrogen-bond acceptors (Lipinski definition) is 6. The van der Waals surface area contributed by atoms with Gasteiger partial charge in [0, 0.05) is 13.2 Å². The zero-order valence-corrected chi connectivity index (χ0v) is 16.0. The molecular formula is C18H15F5N6O2. The van der Waals surface area contributed by atoms with E-state index in [1.807, 2.05) is 6.07 Å². The summed E-state index contributed by atoms with van der Waals surface area (Å²) in [5, 5.41) is 11.0. The van der Waals surface area contributed by atoms with Crippen LogP contribution in [0.15, 0.2) is 29.4 Å². The lowest BCUT2D eigenvalue weighted by atomic mass is 10.1. The van der Waals surface area contributed by atoms with Crippen molar-refractivity contribution in [1.82, 2.24) is 9.97 Å². The summed E-state index contributed by atoms with van der Waals surface area (Å²) in [4.78, 5) is 22.8. The van der Waals surface area contributed by atoms with Gasteiger partial charge in [-0.25, -0.2) is 23.7 Å². The molecule has 2 heterocycles. The Labute approximate surface area is 172 Å². The van der Waals surface area contributed by atoms with Gasteiger partial charge in [-0.2, -0.15) is 18.4 Å². The number of halogens is 5. The monoisotopic (exact) mass is 442 g/mol. The van der Waals surface area contributed by atoms with Crippen LogP contribution >= 0.6 is 0 Å². The summed E-state index contributed by atoms with van der Waals surface area (Å²) in [6.07, 6.45) is -10.4. The second-order valence-electron chi connectivity index (χ2n) is 6.06. The van der Waals surface area contributed by atoms with Crippen LogP contribution in [0, 0.1) is 24.1 Å². The molecular weight excluding hydrogens is 427 g/mol. The van der Waals surface area contributed by atoms with Gasteiger partial charge in [0.1, 0.15) is 29.1 Å². The molecule has 164 valence electrons. The van der Waals surface area contributed by atoms with Crippen LogP contribution in [0.3, 0.4) is 0 Å². The van der Waals surface area contributed by atoms with Gasteiger partial charge in [0.15, 0.2) is 6.17 Å². The number of nitrogens with one attached hydrogen (secondary N) is 1. The summed E-state index contributed by atoms with van der Waals surface area (Å²) < 4.78 is 72.5. The molecule has 2 aromatic rings. The second-order valence-corrected chi connectivity index (χ2v) is 6.06. The first kappa shape index (κ1) is 23.5. The van der Waals surface area contributed by atoms with Crippen molar-refractivity contribution < 1.29 is 31.5 Å². The molecule has 2 aromatic heterocycles. The Balaban J connectivity index is 2.34. The number of aromatic nitrogens is 2. The van der Waals surface area contributed by atoms with Gasteiger partial charge in [0.05, 0.1) is 5.56 Å². The number of alkyl halides is 4. The number of carbonyl (C=O) groups excluding carboxylic acids is 1. The third kappa shape index (κ3) is 5.62. The number of anilines is 1. The molecule has 0 radical (unpaired) electrons.